The SMILES string of the molecule is CO[C@@H]1[C@H](OC(=O)N(C)[C@@H](c2cn(CC(C)C)cn2)C(C)C)CC[C@]2(CO2)[C@H]1[C@@]1(C)O[C@@H]1CC=C(C)C. The smallest absolute Gasteiger partial charge is 0.410 e. The molecule has 2 aliphatic heterocycles. The van der Waals surface area contributed by atoms with Gasteiger partial charge < -0.3 is 28.4 Å². The van der Waals surface area contributed by atoms with Crippen LogP contribution in [0.25, 0.3) is 0 Å². The predicted molar refractivity (Wildman–Crippen MR) is 142 cm³/mol. The van der Waals surface area contributed by atoms with Crippen LogP contribution in [0.3, 0.4) is 0 Å². The summed E-state index contributed by atoms with van der Waals surface area (Å²) in [4.78, 5) is 19.8. The number of rotatable bonds is 10. The lowest BCUT2D eigenvalue weighted by Crippen LogP contribution is -2.56. The molecule has 1 aromatic heterocycles. The van der Waals surface area contributed by atoms with E-state index in [0.29, 0.717) is 18.9 Å². The van der Waals surface area contributed by atoms with Gasteiger partial charge in [0.15, 0.2) is 0 Å². The summed E-state index contributed by atoms with van der Waals surface area (Å²) in [6, 6.07) is -0.183. The Balaban J connectivity index is 1.48. The van der Waals surface area contributed by atoms with Gasteiger partial charge in [0.2, 0.25) is 0 Å². The molecule has 0 radical (unpaired) electrons. The average molecular weight is 518 g/mol. The zero-order valence-corrected chi connectivity index (χ0v) is 24.2. The van der Waals surface area contributed by atoms with Gasteiger partial charge in [-0.05, 0) is 51.9 Å². The summed E-state index contributed by atoms with van der Waals surface area (Å²) in [7, 11) is 3.52. The van der Waals surface area contributed by atoms with Crippen LogP contribution in [-0.4, -0.2) is 70.8 Å². The van der Waals surface area contributed by atoms with Gasteiger partial charge >= 0.3 is 6.09 Å². The molecule has 3 fully saturated rings. The molecule has 208 valence electrons. The Kier molecular flexibility index (Phi) is 8.13. The summed E-state index contributed by atoms with van der Waals surface area (Å²) < 4.78 is 26.7. The van der Waals surface area contributed by atoms with Gasteiger partial charge in [-0.15, -0.1) is 0 Å². The highest BCUT2D eigenvalue weighted by Crippen LogP contribution is 2.59. The molecule has 0 bridgehead atoms. The molecular formula is C29H47N3O5. The molecule has 0 unspecified atom stereocenters. The van der Waals surface area contributed by atoms with Crippen molar-refractivity contribution < 1.29 is 23.7 Å². The maximum atomic E-state index is 13.5. The first-order valence-electron chi connectivity index (χ1n) is 13.8. The standard InChI is InChI=1S/C29H47N3O5/c1-18(2)10-11-23-28(7,37-23)26-25(34-9)22(12-13-29(26)16-35-29)36-27(33)31(8)24(20(5)6)21-15-32(17-30-21)14-19(3)4/h10,15,17,19-20,22-26H,11-14,16H2,1-9H3/t22-,23-,24-,25-,26-,28+,29+/m1/s1. The quantitative estimate of drug-likeness (QED) is 0.306. The summed E-state index contributed by atoms with van der Waals surface area (Å²) >= 11 is 0. The maximum Gasteiger partial charge on any atom is 0.410 e. The maximum absolute atomic E-state index is 13.5. The number of carbonyl (C=O) groups excluding carboxylic acids is 1. The Hall–Kier alpha value is -1.90. The summed E-state index contributed by atoms with van der Waals surface area (Å²) in [6.07, 6.45) is 7.65. The van der Waals surface area contributed by atoms with E-state index >= 15 is 0 Å². The minimum absolute atomic E-state index is 0.00467. The van der Waals surface area contributed by atoms with Gasteiger partial charge in [0, 0.05) is 26.9 Å². The van der Waals surface area contributed by atoms with Crippen LogP contribution in [0.5, 0.6) is 0 Å². The van der Waals surface area contributed by atoms with E-state index in [1.54, 1.807) is 12.0 Å². The van der Waals surface area contributed by atoms with E-state index in [0.717, 1.165) is 25.1 Å². The van der Waals surface area contributed by atoms with E-state index < -0.39 is 0 Å². The van der Waals surface area contributed by atoms with Gasteiger partial charge in [0.25, 0.3) is 0 Å². The molecule has 8 nitrogen and oxygen atoms in total. The molecule has 1 spiro atoms. The van der Waals surface area contributed by atoms with Crippen molar-refractivity contribution in [3.63, 3.8) is 0 Å². The van der Waals surface area contributed by atoms with E-state index in [1.807, 2.05) is 13.4 Å². The van der Waals surface area contributed by atoms with Crippen molar-refractivity contribution >= 4 is 6.09 Å². The monoisotopic (exact) mass is 517 g/mol. The number of aromatic nitrogens is 2. The largest absolute Gasteiger partial charge is 0.443 e. The van der Waals surface area contributed by atoms with Crippen molar-refractivity contribution in [1.29, 1.82) is 0 Å². The van der Waals surface area contributed by atoms with Crippen LogP contribution in [0.15, 0.2) is 24.2 Å². The normalized spacial score (nSPS) is 33.5. The molecular weight excluding hydrogens is 470 g/mol. The molecule has 3 aliphatic rings. The van der Waals surface area contributed by atoms with Crippen molar-refractivity contribution in [3.8, 4) is 0 Å². The van der Waals surface area contributed by atoms with E-state index in [-0.39, 0.29) is 53.5 Å². The van der Waals surface area contributed by atoms with Crippen LogP contribution >= 0.6 is 0 Å². The highest BCUT2D eigenvalue weighted by atomic mass is 16.6. The van der Waals surface area contributed by atoms with E-state index in [2.05, 4.69) is 70.3 Å². The zero-order valence-electron chi connectivity index (χ0n) is 24.2. The number of epoxide rings is 2. The molecule has 37 heavy (non-hydrogen) atoms. The van der Waals surface area contributed by atoms with Crippen LogP contribution in [-0.2, 0) is 25.5 Å². The molecule has 0 aromatic carbocycles. The van der Waals surface area contributed by atoms with Crippen molar-refractivity contribution in [2.24, 2.45) is 17.8 Å². The lowest BCUT2D eigenvalue weighted by atomic mass is 9.68. The number of allylic oxidation sites excluding steroid dienone is 1. The van der Waals surface area contributed by atoms with Crippen molar-refractivity contribution in [1.82, 2.24) is 14.5 Å². The number of methoxy groups -OCH3 is 1. The Morgan fingerprint density at radius 3 is 2.59 bits per heavy atom. The summed E-state index contributed by atoms with van der Waals surface area (Å²) in [5.41, 5.74) is 1.56. The average Bonchev–Trinajstić information content (AvgIpc) is 3.68. The minimum atomic E-state index is -0.365. The summed E-state index contributed by atoms with van der Waals surface area (Å²) in [5, 5.41) is 0. The van der Waals surface area contributed by atoms with Gasteiger partial charge in [0.1, 0.15) is 23.4 Å². The van der Waals surface area contributed by atoms with Gasteiger partial charge in [0.05, 0.1) is 36.7 Å². The highest BCUT2D eigenvalue weighted by Gasteiger charge is 2.72. The molecule has 4 rings (SSSR count). The number of ether oxygens (including phenoxy) is 4. The van der Waals surface area contributed by atoms with Crippen LogP contribution in [0.4, 0.5) is 4.79 Å². The molecule has 2 saturated heterocycles. The fraction of sp³-hybridized carbons (Fsp3) is 0.793. The fourth-order valence-electron chi connectivity index (χ4n) is 6.44. The van der Waals surface area contributed by atoms with Crippen LogP contribution in [0.2, 0.25) is 0 Å². The molecule has 8 heteroatoms. The second-order valence-corrected chi connectivity index (χ2v) is 12.5. The number of carbonyl (C=O) groups is 1. The molecule has 1 saturated carbocycles. The van der Waals surface area contributed by atoms with Crippen molar-refractivity contribution in [2.45, 2.75) is 110 Å². The van der Waals surface area contributed by atoms with Crippen LogP contribution in [0, 0.1) is 17.8 Å². The third-order valence-corrected chi connectivity index (χ3v) is 8.36. The Bertz CT molecular complexity index is 980. The second kappa shape index (κ2) is 10.7. The van der Waals surface area contributed by atoms with Gasteiger partial charge in [-0.2, -0.15) is 0 Å². The number of amides is 1. The number of imidazole rings is 1. The first-order chi connectivity index (χ1) is 17.4. The van der Waals surface area contributed by atoms with Gasteiger partial charge in [-0.3, -0.25) is 0 Å². The topological polar surface area (TPSA) is 81.7 Å². The van der Waals surface area contributed by atoms with Crippen LogP contribution < -0.4 is 0 Å². The van der Waals surface area contributed by atoms with Gasteiger partial charge in [-0.25, -0.2) is 9.78 Å². The fourth-order valence-corrected chi connectivity index (χ4v) is 6.44. The highest BCUT2D eigenvalue weighted by molar-refractivity contribution is 5.68. The lowest BCUT2D eigenvalue weighted by molar-refractivity contribution is -0.122. The van der Waals surface area contributed by atoms with Crippen molar-refractivity contribution in [2.75, 3.05) is 20.8 Å². The zero-order chi connectivity index (χ0) is 27.1. The van der Waals surface area contributed by atoms with Crippen LogP contribution in [0.1, 0.15) is 79.5 Å². The first-order valence-corrected chi connectivity index (χ1v) is 13.8. The van der Waals surface area contributed by atoms with Crippen molar-refractivity contribution in [3.05, 3.63) is 29.9 Å². The third kappa shape index (κ3) is 5.76. The Morgan fingerprint density at radius 2 is 2.03 bits per heavy atom. The van der Waals surface area contributed by atoms with Gasteiger partial charge in [-0.1, -0.05) is 39.3 Å². The predicted octanol–water partition coefficient (Wildman–Crippen LogP) is 5.38. The second-order valence-electron chi connectivity index (χ2n) is 12.5. The molecule has 1 aromatic rings. The molecule has 7 atom stereocenters. The Morgan fingerprint density at radius 1 is 1.32 bits per heavy atom. The number of nitrogens with zero attached hydrogens (tertiary/aromatic N) is 3. The minimum Gasteiger partial charge on any atom is -0.443 e. The molecule has 1 amide bonds. The molecule has 3 heterocycles. The van der Waals surface area contributed by atoms with E-state index in [4.69, 9.17) is 18.9 Å². The number of hydrogen-bond acceptors (Lipinski definition) is 6. The molecule has 1 aliphatic carbocycles. The first kappa shape index (κ1) is 28.1. The van der Waals surface area contributed by atoms with E-state index in [9.17, 15) is 4.79 Å². The lowest BCUT2D eigenvalue weighted by Gasteiger charge is -2.43. The molecule has 0 N–H and O–H groups in total. The summed E-state index contributed by atoms with van der Waals surface area (Å²) in [5.74, 6) is 0.699. The van der Waals surface area contributed by atoms with E-state index in [1.165, 1.54) is 5.57 Å². The Labute approximate surface area is 222 Å². The number of hydrogen-bond donors (Lipinski definition) is 0. The third-order valence-electron chi connectivity index (χ3n) is 8.36. The summed E-state index contributed by atoms with van der Waals surface area (Å²) in [6.45, 7) is 16.6.